The van der Waals surface area contributed by atoms with E-state index in [-0.39, 0.29) is 23.5 Å². The van der Waals surface area contributed by atoms with Crippen molar-refractivity contribution < 1.29 is 27.5 Å². The SMILES string of the molecule is CC(NC(=O)c1ccnc(NC(=O)C2CC2)c1)c1ccc(OC(F)(F)C(C)F)cc1. The van der Waals surface area contributed by atoms with Crippen LogP contribution in [0.5, 0.6) is 5.75 Å². The molecule has 0 bridgehead atoms. The van der Waals surface area contributed by atoms with Crippen LogP contribution in [0.25, 0.3) is 0 Å². The van der Waals surface area contributed by atoms with E-state index in [2.05, 4.69) is 20.4 Å². The summed E-state index contributed by atoms with van der Waals surface area (Å²) in [7, 11) is 0. The number of nitrogens with zero attached hydrogens (tertiary/aromatic N) is 1. The highest BCUT2D eigenvalue weighted by Crippen LogP contribution is 2.30. The zero-order chi connectivity index (χ0) is 21.9. The Morgan fingerprint density at radius 2 is 1.83 bits per heavy atom. The van der Waals surface area contributed by atoms with Crippen molar-refractivity contribution in [3.8, 4) is 5.75 Å². The first-order valence-electron chi connectivity index (χ1n) is 9.54. The molecule has 2 atom stereocenters. The maximum atomic E-state index is 13.3. The highest BCUT2D eigenvalue weighted by atomic mass is 19.3. The van der Waals surface area contributed by atoms with Crippen LogP contribution < -0.4 is 15.4 Å². The molecule has 0 saturated heterocycles. The number of ether oxygens (including phenoxy) is 1. The van der Waals surface area contributed by atoms with Gasteiger partial charge in [0.05, 0.1) is 6.04 Å². The van der Waals surface area contributed by atoms with Gasteiger partial charge in [-0.2, -0.15) is 8.78 Å². The average Bonchev–Trinajstić information content (AvgIpc) is 3.53. The Labute approximate surface area is 171 Å². The van der Waals surface area contributed by atoms with E-state index in [1.54, 1.807) is 6.92 Å². The third-order valence-corrected chi connectivity index (χ3v) is 4.67. The molecule has 2 amide bonds. The molecule has 9 heteroatoms. The summed E-state index contributed by atoms with van der Waals surface area (Å²) < 4.78 is 43.9. The van der Waals surface area contributed by atoms with Crippen LogP contribution in [0, 0.1) is 5.92 Å². The molecule has 2 aromatic rings. The summed E-state index contributed by atoms with van der Waals surface area (Å²) in [5.74, 6) is -0.355. The number of carbonyl (C=O) groups is 2. The fourth-order valence-electron chi connectivity index (χ4n) is 2.64. The van der Waals surface area contributed by atoms with Gasteiger partial charge in [-0.15, -0.1) is 0 Å². The van der Waals surface area contributed by atoms with E-state index in [9.17, 15) is 22.8 Å². The molecule has 6 nitrogen and oxygen atoms in total. The summed E-state index contributed by atoms with van der Waals surface area (Å²) in [4.78, 5) is 28.4. The Morgan fingerprint density at radius 1 is 1.17 bits per heavy atom. The van der Waals surface area contributed by atoms with Crippen LogP contribution in [-0.4, -0.2) is 29.1 Å². The van der Waals surface area contributed by atoms with Crippen molar-refractivity contribution in [2.24, 2.45) is 5.92 Å². The van der Waals surface area contributed by atoms with Gasteiger partial charge in [0.25, 0.3) is 5.91 Å². The normalized spacial score (nSPS) is 15.8. The van der Waals surface area contributed by atoms with Gasteiger partial charge < -0.3 is 15.4 Å². The molecule has 30 heavy (non-hydrogen) atoms. The highest BCUT2D eigenvalue weighted by Gasteiger charge is 2.39. The second-order valence-electron chi connectivity index (χ2n) is 7.24. The summed E-state index contributed by atoms with van der Waals surface area (Å²) in [5.41, 5.74) is 0.961. The number of rotatable bonds is 8. The van der Waals surface area contributed by atoms with Crippen LogP contribution in [0.3, 0.4) is 0 Å². The fourth-order valence-corrected chi connectivity index (χ4v) is 2.64. The monoisotopic (exact) mass is 421 g/mol. The van der Waals surface area contributed by atoms with E-state index >= 15 is 0 Å². The van der Waals surface area contributed by atoms with E-state index in [0.717, 1.165) is 12.8 Å². The third-order valence-electron chi connectivity index (χ3n) is 4.67. The Hall–Kier alpha value is -3.10. The molecule has 1 aromatic carbocycles. The van der Waals surface area contributed by atoms with Gasteiger partial charge >= 0.3 is 6.11 Å². The summed E-state index contributed by atoms with van der Waals surface area (Å²) in [6.45, 7) is 2.44. The summed E-state index contributed by atoms with van der Waals surface area (Å²) in [6.07, 6.45) is -3.22. The Bertz CT molecular complexity index is 915. The average molecular weight is 421 g/mol. The van der Waals surface area contributed by atoms with Crippen LogP contribution in [0.4, 0.5) is 19.0 Å². The summed E-state index contributed by atoms with van der Waals surface area (Å²) >= 11 is 0. The van der Waals surface area contributed by atoms with Gasteiger partial charge in [0, 0.05) is 17.7 Å². The van der Waals surface area contributed by atoms with Crippen molar-refractivity contribution >= 4 is 17.6 Å². The van der Waals surface area contributed by atoms with E-state index in [1.807, 2.05) is 0 Å². The Morgan fingerprint density at radius 3 is 2.43 bits per heavy atom. The molecule has 1 aromatic heterocycles. The summed E-state index contributed by atoms with van der Waals surface area (Å²) in [6, 6.07) is 8.15. The minimum absolute atomic E-state index is 0.0179. The largest absolute Gasteiger partial charge is 0.430 e. The zero-order valence-corrected chi connectivity index (χ0v) is 16.5. The molecule has 0 radical (unpaired) electrons. The minimum Gasteiger partial charge on any atom is -0.430 e. The van der Waals surface area contributed by atoms with Gasteiger partial charge in [0.15, 0.2) is 0 Å². The highest BCUT2D eigenvalue weighted by molar-refractivity contribution is 5.97. The maximum Gasteiger partial charge on any atom is 0.429 e. The molecular weight excluding hydrogens is 399 g/mol. The zero-order valence-electron chi connectivity index (χ0n) is 16.5. The molecule has 0 spiro atoms. The molecular formula is C21H22F3N3O3. The maximum absolute atomic E-state index is 13.3. The lowest BCUT2D eigenvalue weighted by Gasteiger charge is -2.20. The van der Waals surface area contributed by atoms with E-state index < -0.39 is 18.3 Å². The quantitative estimate of drug-likeness (QED) is 0.668. The Balaban J connectivity index is 1.60. The smallest absolute Gasteiger partial charge is 0.429 e. The van der Waals surface area contributed by atoms with Crippen molar-refractivity contribution in [3.05, 3.63) is 53.7 Å². The molecule has 160 valence electrons. The number of anilines is 1. The van der Waals surface area contributed by atoms with E-state index in [0.29, 0.717) is 23.9 Å². The molecule has 1 aliphatic rings. The van der Waals surface area contributed by atoms with Crippen molar-refractivity contribution in [2.45, 2.75) is 45.0 Å². The molecule has 1 fully saturated rings. The Kier molecular flexibility index (Phi) is 6.28. The van der Waals surface area contributed by atoms with Gasteiger partial charge in [-0.3, -0.25) is 9.59 Å². The first-order chi connectivity index (χ1) is 14.2. The van der Waals surface area contributed by atoms with Gasteiger partial charge in [-0.05, 0) is 56.5 Å². The van der Waals surface area contributed by atoms with Crippen LogP contribution in [-0.2, 0) is 4.79 Å². The fraction of sp³-hybridized carbons (Fsp3) is 0.381. The number of pyridine rings is 1. The second kappa shape index (κ2) is 8.73. The molecule has 3 rings (SSSR count). The topological polar surface area (TPSA) is 80.3 Å². The minimum atomic E-state index is -3.92. The number of hydrogen-bond donors (Lipinski definition) is 2. The molecule has 0 aliphatic heterocycles. The van der Waals surface area contributed by atoms with Crippen molar-refractivity contribution in [2.75, 3.05) is 5.32 Å². The predicted molar refractivity (Wildman–Crippen MR) is 104 cm³/mol. The van der Waals surface area contributed by atoms with Crippen molar-refractivity contribution in [1.29, 1.82) is 0 Å². The predicted octanol–water partition coefficient (Wildman–Crippen LogP) is 4.25. The number of benzene rings is 1. The molecule has 1 saturated carbocycles. The van der Waals surface area contributed by atoms with Gasteiger partial charge in [-0.1, -0.05) is 12.1 Å². The standard InChI is InChI=1S/C21H22F3N3O3/c1-12(14-5-7-17(8-6-14)30-21(23,24)13(2)22)26-20(29)16-9-10-25-18(11-16)27-19(28)15-3-4-15/h5-13,15H,3-4H2,1-2H3,(H,26,29)(H,25,27,28). The van der Waals surface area contributed by atoms with Crippen molar-refractivity contribution in [1.82, 2.24) is 10.3 Å². The molecule has 2 N–H and O–H groups in total. The lowest BCUT2D eigenvalue weighted by atomic mass is 10.1. The van der Waals surface area contributed by atoms with Crippen molar-refractivity contribution in [3.63, 3.8) is 0 Å². The van der Waals surface area contributed by atoms with E-state index in [1.165, 1.54) is 42.6 Å². The first-order valence-corrected chi connectivity index (χ1v) is 9.54. The van der Waals surface area contributed by atoms with Gasteiger partial charge in [0.1, 0.15) is 11.6 Å². The first kappa shape index (κ1) is 21.6. The number of amides is 2. The van der Waals surface area contributed by atoms with Gasteiger partial charge in [0.2, 0.25) is 12.1 Å². The molecule has 1 aliphatic carbocycles. The number of hydrogen-bond acceptors (Lipinski definition) is 4. The second-order valence-corrected chi connectivity index (χ2v) is 7.24. The number of halogens is 3. The van der Waals surface area contributed by atoms with Crippen LogP contribution in [0.1, 0.15) is 48.7 Å². The van der Waals surface area contributed by atoms with Crippen LogP contribution >= 0.6 is 0 Å². The van der Waals surface area contributed by atoms with Crippen LogP contribution in [0.2, 0.25) is 0 Å². The molecule has 2 unspecified atom stereocenters. The van der Waals surface area contributed by atoms with E-state index in [4.69, 9.17) is 0 Å². The lowest BCUT2D eigenvalue weighted by Crippen LogP contribution is -2.34. The molecule has 1 heterocycles. The lowest BCUT2D eigenvalue weighted by molar-refractivity contribution is -0.215. The van der Waals surface area contributed by atoms with Crippen LogP contribution in [0.15, 0.2) is 42.6 Å². The van der Waals surface area contributed by atoms with Gasteiger partial charge in [-0.25, -0.2) is 9.37 Å². The third kappa shape index (κ3) is 5.49. The number of nitrogens with one attached hydrogen (secondary N) is 2. The number of alkyl halides is 3. The number of aromatic nitrogens is 1. The summed E-state index contributed by atoms with van der Waals surface area (Å²) in [5, 5.41) is 5.47. The number of carbonyl (C=O) groups excluding carboxylic acids is 2.